The van der Waals surface area contributed by atoms with Crippen molar-refractivity contribution in [2.75, 3.05) is 5.88 Å². The van der Waals surface area contributed by atoms with Crippen molar-refractivity contribution in [3.8, 4) is 0 Å². The highest BCUT2D eigenvalue weighted by Gasteiger charge is 2.16. The Kier molecular flexibility index (Phi) is 5.23. The van der Waals surface area contributed by atoms with Gasteiger partial charge in [-0.3, -0.25) is 0 Å². The number of fused-ring (bicyclic) bond motifs is 1. The number of benzene rings is 1. The van der Waals surface area contributed by atoms with Crippen LogP contribution in [-0.2, 0) is 13.0 Å². The number of aryl methyl sites for hydroxylation is 2. The van der Waals surface area contributed by atoms with Crippen molar-refractivity contribution in [2.24, 2.45) is 5.92 Å². The molecule has 1 aromatic carbocycles. The Labute approximate surface area is 140 Å². The number of nitrogens with zero attached hydrogens (tertiary/aromatic N) is 2. The number of hydrogen-bond acceptors (Lipinski definition) is 1. The van der Waals surface area contributed by atoms with E-state index in [1.165, 1.54) is 44.0 Å². The first-order valence-electron chi connectivity index (χ1n) is 7.98. The molecule has 2 nitrogen and oxygen atoms in total. The topological polar surface area (TPSA) is 17.8 Å². The van der Waals surface area contributed by atoms with E-state index < -0.39 is 0 Å². The molecule has 1 fully saturated rings. The second kappa shape index (κ2) is 7.15. The summed E-state index contributed by atoms with van der Waals surface area (Å²) >= 11 is 9.53. The number of alkyl halides is 1. The second-order valence-corrected chi connectivity index (χ2v) is 7.34. The third-order valence-electron chi connectivity index (χ3n) is 4.59. The van der Waals surface area contributed by atoms with E-state index in [4.69, 9.17) is 16.6 Å². The summed E-state index contributed by atoms with van der Waals surface area (Å²) in [5.41, 5.74) is 2.32. The minimum atomic E-state index is 0.633. The molecule has 0 radical (unpaired) electrons. The van der Waals surface area contributed by atoms with Gasteiger partial charge in [-0.1, -0.05) is 48.0 Å². The number of aromatic nitrogens is 2. The maximum Gasteiger partial charge on any atom is 0.111 e. The zero-order valence-electron chi connectivity index (χ0n) is 12.3. The lowest BCUT2D eigenvalue weighted by atomic mass is 9.87. The highest BCUT2D eigenvalue weighted by molar-refractivity contribution is 9.10. The zero-order chi connectivity index (χ0) is 14.7. The molecule has 0 aliphatic heterocycles. The summed E-state index contributed by atoms with van der Waals surface area (Å²) in [6.07, 6.45) is 9.17. The largest absolute Gasteiger partial charge is 0.328 e. The van der Waals surface area contributed by atoms with Gasteiger partial charge in [-0.05, 0) is 30.5 Å². The highest BCUT2D eigenvalue weighted by Crippen LogP contribution is 2.28. The molecule has 0 N–H and O–H groups in total. The normalized spacial score (nSPS) is 16.7. The van der Waals surface area contributed by atoms with E-state index in [0.29, 0.717) is 5.88 Å². The Hall–Kier alpha value is -0.540. The van der Waals surface area contributed by atoms with Crippen LogP contribution in [-0.4, -0.2) is 15.4 Å². The SMILES string of the molecule is ClCCc1nc2ccc(Br)cc2n1CCC1CCCCC1. The summed E-state index contributed by atoms with van der Waals surface area (Å²) in [6, 6.07) is 6.33. The summed E-state index contributed by atoms with van der Waals surface area (Å²) in [5, 5.41) is 0. The smallest absolute Gasteiger partial charge is 0.111 e. The average molecular weight is 370 g/mol. The molecule has 0 unspecified atom stereocenters. The van der Waals surface area contributed by atoms with Gasteiger partial charge in [0.05, 0.1) is 11.0 Å². The van der Waals surface area contributed by atoms with Crippen LogP contribution in [0.2, 0.25) is 0 Å². The molecule has 21 heavy (non-hydrogen) atoms. The quantitative estimate of drug-likeness (QED) is 0.632. The molecule has 114 valence electrons. The number of imidazole rings is 1. The van der Waals surface area contributed by atoms with E-state index in [0.717, 1.165) is 34.7 Å². The van der Waals surface area contributed by atoms with Gasteiger partial charge in [0.15, 0.2) is 0 Å². The Bertz CT molecular complexity index is 602. The van der Waals surface area contributed by atoms with Crippen LogP contribution in [0, 0.1) is 5.92 Å². The van der Waals surface area contributed by atoms with Crippen molar-refractivity contribution in [1.82, 2.24) is 9.55 Å². The van der Waals surface area contributed by atoms with Crippen LogP contribution in [0.4, 0.5) is 0 Å². The molecular formula is C17H22BrClN2. The molecule has 1 aliphatic carbocycles. The first kappa shape index (κ1) is 15.4. The minimum Gasteiger partial charge on any atom is -0.328 e. The van der Waals surface area contributed by atoms with Crippen LogP contribution in [0.15, 0.2) is 22.7 Å². The van der Waals surface area contributed by atoms with Crippen LogP contribution >= 0.6 is 27.5 Å². The van der Waals surface area contributed by atoms with Crippen LogP contribution in [0.3, 0.4) is 0 Å². The molecule has 2 aromatic rings. The van der Waals surface area contributed by atoms with E-state index in [9.17, 15) is 0 Å². The Morgan fingerprint density at radius 2 is 2.05 bits per heavy atom. The molecule has 0 atom stereocenters. The van der Waals surface area contributed by atoms with Crippen molar-refractivity contribution in [3.05, 3.63) is 28.5 Å². The molecule has 1 aromatic heterocycles. The summed E-state index contributed by atoms with van der Waals surface area (Å²) < 4.78 is 3.50. The van der Waals surface area contributed by atoms with E-state index in [-0.39, 0.29) is 0 Å². The molecule has 3 rings (SSSR count). The third-order valence-corrected chi connectivity index (χ3v) is 5.28. The number of halogens is 2. The molecule has 0 saturated heterocycles. The first-order valence-corrected chi connectivity index (χ1v) is 9.31. The summed E-state index contributed by atoms with van der Waals surface area (Å²) in [5.74, 6) is 2.66. The minimum absolute atomic E-state index is 0.633. The van der Waals surface area contributed by atoms with Gasteiger partial charge in [0.2, 0.25) is 0 Å². The van der Waals surface area contributed by atoms with Crippen molar-refractivity contribution in [1.29, 1.82) is 0 Å². The van der Waals surface area contributed by atoms with E-state index >= 15 is 0 Å². The fraction of sp³-hybridized carbons (Fsp3) is 0.588. The van der Waals surface area contributed by atoms with Gasteiger partial charge < -0.3 is 4.57 Å². The van der Waals surface area contributed by atoms with Crippen LogP contribution in [0.25, 0.3) is 11.0 Å². The fourth-order valence-corrected chi connectivity index (χ4v) is 3.98. The van der Waals surface area contributed by atoms with Crippen LogP contribution in [0.1, 0.15) is 44.3 Å². The van der Waals surface area contributed by atoms with Gasteiger partial charge in [0, 0.05) is 23.3 Å². The van der Waals surface area contributed by atoms with Crippen LogP contribution < -0.4 is 0 Å². The molecule has 1 heterocycles. The maximum absolute atomic E-state index is 5.95. The zero-order valence-corrected chi connectivity index (χ0v) is 14.7. The number of rotatable bonds is 5. The Morgan fingerprint density at radius 3 is 2.81 bits per heavy atom. The number of hydrogen-bond donors (Lipinski definition) is 0. The molecule has 0 bridgehead atoms. The van der Waals surface area contributed by atoms with E-state index in [1.807, 2.05) is 0 Å². The first-order chi connectivity index (χ1) is 10.3. The maximum atomic E-state index is 5.95. The lowest BCUT2D eigenvalue weighted by molar-refractivity contribution is 0.324. The van der Waals surface area contributed by atoms with E-state index in [1.54, 1.807) is 0 Å². The summed E-state index contributed by atoms with van der Waals surface area (Å²) in [7, 11) is 0. The molecule has 4 heteroatoms. The van der Waals surface area contributed by atoms with Crippen LogP contribution in [0.5, 0.6) is 0 Å². The summed E-state index contributed by atoms with van der Waals surface area (Å²) in [6.45, 7) is 1.07. The predicted octanol–water partition coefficient (Wildman–Crippen LogP) is 5.55. The lowest BCUT2D eigenvalue weighted by Crippen LogP contribution is -2.12. The van der Waals surface area contributed by atoms with Crippen molar-refractivity contribution >= 4 is 38.6 Å². The summed E-state index contributed by atoms with van der Waals surface area (Å²) in [4.78, 5) is 4.76. The highest BCUT2D eigenvalue weighted by atomic mass is 79.9. The molecule has 1 aliphatic rings. The molecule has 0 amide bonds. The van der Waals surface area contributed by atoms with Crippen molar-refractivity contribution in [2.45, 2.75) is 51.5 Å². The third kappa shape index (κ3) is 3.62. The molecule has 1 saturated carbocycles. The average Bonchev–Trinajstić information content (AvgIpc) is 2.83. The molecular weight excluding hydrogens is 348 g/mol. The van der Waals surface area contributed by atoms with E-state index in [2.05, 4.69) is 38.7 Å². The fourth-order valence-electron chi connectivity index (χ4n) is 3.46. The molecule has 0 spiro atoms. The van der Waals surface area contributed by atoms with Gasteiger partial charge in [0.1, 0.15) is 5.82 Å². The van der Waals surface area contributed by atoms with Gasteiger partial charge in [-0.2, -0.15) is 0 Å². The van der Waals surface area contributed by atoms with Gasteiger partial charge in [0.25, 0.3) is 0 Å². The van der Waals surface area contributed by atoms with Gasteiger partial charge >= 0.3 is 0 Å². The van der Waals surface area contributed by atoms with Crippen molar-refractivity contribution in [3.63, 3.8) is 0 Å². The Morgan fingerprint density at radius 1 is 1.24 bits per heavy atom. The van der Waals surface area contributed by atoms with Gasteiger partial charge in [-0.25, -0.2) is 4.98 Å². The standard InChI is InChI=1S/C17H22BrClN2/c18-14-6-7-15-16(12-14)21(17(20-15)8-10-19)11-9-13-4-2-1-3-5-13/h6-7,12-13H,1-5,8-11H2. The monoisotopic (exact) mass is 368 g/mol. The second-order valence-electron chi connectivity index (χ2n) is 6.04. The van der Waals surface area contributed by atoms with Crippen molar-refractivity contribution < 1.29 is 0 Å². The predicted molar refractivity (Wildman–Crippen MR) is 93.0 cm³/mol. The lowest BCUT2D eigenvalue weighted by Gasteiger charge is -2.22. The Balaban J connectivity index is 1.83. The van der Waals surface area contributed by atoms with Gasteiger partial charge in [-0.15, -0.1) is 11.6 Å².